The predicted octanol–water partition coefficient (Wildman–Crippen LogP) is 2.35. The zero-order valence-corrected chi connectivity index (χ0v) is 18.0. The van der Waals surface area contributed by atoms with Gasteiger partial charge in [-0.2, -0.15) is 0 Å². The van der Waals surface area contributed by atoms with Crippen molar-refractivity contribution in [3.63, 3.8) is 0 Å². The number of rotatable bonds is 3. The number of hydrogen-bond acceptors (Lipinski definition) is 4. The minimum atomic E-state index is -0.442. The molecule has 1 saturated heterocycles. The quantitative estimate of drug-likeness (QED) is 0.505. The lowest BCUT2D eigenvalue weighted by molar-refractivity contribution is 0.647. The largest absolute Gasteiger partial charge is 0.356 e. The first-order chi connectivity index (χ1) is 14.4. The van der Waals surface area contributed by atoms with E-state index in [0.717, 1.165) is 30.9 Å². The van der Waals surface area contributed by atoms with Crippen LogP contribution in [0.4, 0.5) is 0 Å². The Morgan fingerprint density at radius 3 is 2.70 bits per heavy atom. The second kappa shape index (κ2) is 7.01. The molecule has 10 heteroatoms. The average Bonchev–Trinajstić information content (AvgIpc) is 3.43. The Balaban J connectivity index is 1.70. The van der Waals surface area contributed by atoms with Gasteiger partial charge in [0, 0.05) is 37.5 Å². The highest BCUT2D eigenvalue weighted by atomic mass is 35.5. The van der Waals surface area contributed by atoms with Crippen LogP contribution in [0.15, 0.2) is 27.8 Å². The molecule has 5 rings (SSSR count). The minimum absolute atomic E-state index is 0.0107. The monoisotopic (exact) mass is 446 g/mol. The summed E-state index contributed by atoms with van der Waals surface area (Å²) in [4.78, 5) is 34.2. The van der Waals surface area contributed by atoms with E-state index in [-0.39, 0.29) is 18.0 Å². The molecule has 1 unspecified atom stereocenters. The summed E-state index contributed by atoms with van der Waals surface area (Å²) in [6.45, 7) is 1.74. The molecule has 30 heavy (non-hydrogen) atoms. The number of fused-ring (bicyclic) bond motifs is 2. The number of H-pyrrole nitrogens is 1. The molecule has 3 aromatic heterocycles. The number of benzene rings is 1. The summed E-state index contributed by atoms with van der Waals surface area (Å²) >= 11 is 12.8. The van der Waals surface area contributed by atoms with Crippen LogP contribution >= 0.6 is 23.2 Å². The second-order valence-electron chi connectivity index (χ2n) is 7.70. The SMILES string of the molecule is Cn1c(C2CCNC2)nc2c1c(=O)n(Cc1[nH]c3cccc(Cl)c3c1Cl)c(=O)n2C. The van der Waals surface area contributed by atoms with Gasteiger partial charge in [-0.15, -0.1) is 0 Å². The van der Waals surface area contributed by atoms with Crippen molar-refractivity contribution < 1.29 is 0 Å². The number of aromatic amines is 1. The van der Waals surface area contributed by atoms with E-state index in [2.05, 4.69) is 15.3 Å². The molecule has 1 aliphatic rings. The van der Waals surface area contributed by atoms with Gasteiger partial charge in [-0.25, -0.2) is 9.78 Å². The molecule has 8 nitrogen and oxygen atoms in total. The number of aromatic nitrogens is 5. The van der Waals surface area contributed by atoms with Gasteiger partial charge in [0.25, 0.3) is 5.56 Å². The predicted molar refractivity (Wildman–Crippen MR) is 118 cm³/mol. The smallest absolute Gasteiger partial charge is 0.332 e. The Morgan fingerprint density at radius 2 is 2.00 bits per heavy atom. The molecule has 0 bridgehead atoms. The highest BCUT2D eigenvalue weighted by Gasteiger charge is 2.26. The summed E-state index contributed by atoms with van der Waals surface area (Å²) in [5.41, 5.74) is 1.29. The summed E-state index contributed by atoms with van der Waals surface area (Å²) in [7, 11) is 3.46. The van der Waals surface area contributed by atoms with Crippen molar-refractivity contribution in [1.82, 2.24) is 29.0 Å². The Bertz CT molecular complexity index is 1420. The van der Waals surface area contributed by atoms with E-state index in [9.17, 15) is 9.59 Å². The molecule has 1 fully saturated rings. The van der Waals surface area contributed by atoms with Crippen molar-refractivity contribution in [2.45, 2.75) is 18.9 Å². The fourth-order valence-electron chi connectivity index (χ4n) is 4.33. The molecule has 1 aliphatic heterocycles. The average molecular weight is 447 g/mol. The Hall–Kier alpha value is -2.55. The zero-order chi connectivity index (χ0) is 21.2. The van der Waals surface area contributed by atoms with Crippen LogP contribution in [0, 0.1) is 0 Å². The first kappa shape index (κ1) is 19.4. The highest BCUT2D eigenvalue weighted by Crippen LogP contribution is 2.33. The molecule has 0 amide bonds. The third-order valence-corrected chi connectivity index (χ3v) is 6.65. The number of nitrogens with zero attached hydrogens (tertiary/aromatic N) is 4. The van der Waals surface area contributed by atoms with Crippen molar-refractivity contribution >= 4 is 45.3 Å². The number of imidazole rings is 1. The summed E-state index contributed by atoms with van der Waals surface area (Å²) in [6, 6.07) is 5.41. The third-order valence-electron chi connectivity index (χ3n) is 5.92. The molecular weight excluding hydrogens is 427 g/mol. The van der Waals surface area contributed by atoms with E-state index < -0.39 is 5.69 Å². The van der Waals surface area contributed by atoms with Crippen LogP contribution in [-0.2, 0) is 20.6 Å². The standard InChI is InChI=1S/C20H20Cl2N6O2/c1-26-16-18(25-17(26)10-6-7-23-8-10)27(2)20(30)28(19(16)29)9-13-15(22)14-11(21)4-3-5-12(14)24-13/h3-5,10,23-24H,6-9H2,1-2H3. The number of nitrogens with one attached hydrogen (secondary N) is 2. The Morgan fingerprint density at radius 1 is 1.20 bits per heavy atom. The van der Waals surface area contributed by atoms with Crippen LogP contribution in [0.3, 0.4) is 0 Å². The van der Waals surface area contributed by atoms with Crippen molar-refractivity contribution in [3.8, 4) is 0 Å². The van der Waals surface area contributed by atoms with Crippen LogP contribution in [0.5, 0.6) is 0 Å². The second-order valence-corrected chi connectivity index (χ2v) is 8.49. The highest BCUT2D eigenvalue weighted by molar-refractivity contribution is 6.42. The zero-order valence-electron chi connectivity index (χ0n) is 16.5. The van der Waals surface area contributed by atoms with E-state index in [1.165, 1.54) is 9.13 Å². The van der Waals surface area contributed by atoms with E-state index in [1.54, 1.807) is 13.1 Å². The summed E-state index contributed by atoms with van der Waals surface area (Å²) in [5, 5.41) is 4.92. The van der Waals surface area contributed by atoms with Crippen molar-refractivity contribution in [2.75, 3.05) is 13.1 Å². The van der Waals surface area contributed by atoms with Crippen LogP contribution in [0.2, 0.25) is 10.0 Å². The summed E-state index contributed by atoms with van der Waals surface area (Å²) in [6.07, 6.45) is 0.949. The Kier molecular flexibility index (Phi) is 4.53. The van der Waals surface area contributed by atoms with Gasteiger partial charge in [0.1, 0.15) is 5.82 Å². The summed E-state index contributed by atoms with van der Waals surface area (Å²) < 4.78 is 4.42. The van der Waals surface area contributed by atoms with Gasteiger partial charge in [-0.1, -0.05) is 29.3 Å². The van der Waals surface area contributed by atoms with Gasteiger partial charge in [-0.3, -0.25) is 13.9 Å². The lowest BCUT2D eigenvalue weighted by atomic mass is 10.1. The third kappa shape index (κ3) is 2.74. The maximum Gasteiger partial charge on any atom is 0.332 e. The number of hydrogen-bond donors (Lipinski definition) is 2. The first-order valence-electron chi connectivity index (χ1n) is 9.70. The topological polar surface area (TPSA) is 89.6 Å². The van der Waals surface area contributed by atoms with E-state index in [1.807, 2.05) is 23.7 Å². The van der Waals surface area contributed by atoms with Gasteiger partial charge >= 0.3 is 5.69 Å². The fraction of sp³-hybridized carbons (Fsp3) is 0.350. The molecule has 4 heterocycles. The lowest BCUT2D eigenvalue weighted by Gasteiger charge is -2.09. The molecule has 0 saturated carbocycles. The fourth-order valence-corrected chi connectivity index (χ4v) is 4.95. The Labute approximate surface area is 181 Å². The molecule has 4 aromatic rings. The minimum Gasteiger partial charge on any atom is -0.356 e. The molecule has 0 spiro atoms. The number of aryl methyl sites for hydroxylation is 2. The van der Waals surface area contributed by atoms with Crippen LogP contribution < -0.4 is 16.6 Å². The first-order valence-corrected chi connectivity index (χ1v) is 10.5. The van der Waals surface area contributed by atoms with Gasteiger partial charge in [0.2, 0.25) is 0 Å². The maximum absolute atomic E-state index is 13.3. The molecular formula is C20H20Cl2N6O2. The molecule has 1 aromatic carbocycles. The van der Waals surface area contributed by atoms with E-state index in [4.69, 9.17) is 23.2 Å². The van der Waals surface area contributed by atoms with Gasteiger partial charge in [0.05, 0.1) is 22.3 Å². The normalized spacial score (nSPS) is 16.9. The van der Waals surface area contributed by atoms with Crippen LogP contribution in [-0.4, -0.2) is 36.8 Å². The van der Waals surface area contributed by atoms with Gasteiger partial charge in [-0.05, 0) is 25.1 Å². The lowest BCUT2D eigenvalue weighted by Crippen LogP contribution is -2.40. The van der Waals surface area contributed by atoms with Crippen molar-refractivity contribution in [3.05, 3.63) is 60.6 Å². The van der Waals surface area contributed by atoms with Gasteiger partial charge < -0.3 is 14.9 Å². The van der Waals surface area contributed by atoms with Crippen LogP contribution in [0.1, 0.15) is 23.9 Å². The molecule has 1 atom stereocenters. The number of halogens is 2. The van der Waals surface area contributed by atoms with Crippen molar-refractivity contribution in [1.29, 1.82) is 0 Å². The molecule has 156 valence electrons. The molecule has 2 N–H and O–H groups in total. The van der Waals surface area contributed by atoms with Crippen molar-refractivity contribution in [2.24, 2.45) is 14.1 Å². The van der Waals surface area contributed by atoms with E-state index in [0.29, 0.717) is 32.3 Å². The molecule has 0 aliphatic carbocycles. The van der Waals surface area contributed by atoms with Crippen LogP contribution in [0.25, 0.3) is 22.1 Å². The van der Waals surface area contributed by atoms with E-state index >= 15 is 0 Å². The molecule has 0 radical (unpaired) electrons. The maximum atomic E-state index is 13.3. The van der Waals surface area contributed by atoms with Gasteiger partial charge in [0.15, 0.2) is 11.2 Å². The summed E-state index contributed by atoms with van der Waals surface area (Å²) in [5.74, 6) is 1.03.